The largest absolute Gasteiger partial charge is 0.322 e. The second kappa shape index (κ2) is 3.37. The molecular weight excluding hydrogens is 200 g/mol. The lowest BCUT2D eigenvalue weighted by atomic mass is 9.85. The molecule has 4 nitrogen and oxygen atoms in total. The topological polar surface area (TPSA) is 77.8 Å². The van der Waals surface area contributed by atoms with E-state index in [9.17, 15) is 0 Å². The van der Waals surface area contributed by atoms with Crippen LogP contribution in [0.2, 0.25) is 0 Å². The third-order valence-electron chi connectivity index (χ3n) is 3.01. The first-order valence-corrected chi connectivity index (χ1v) is 5.20. The summed E-state index contributed by atoms with van der Waals surface area (Å²) in [4.78, 5) is 8.69. The normalized spacial score (nSPS) is 22.4. The molecular formula is C12H12N4. The van der Waals surface area contributed by atoms with Crippen LogP contribution in [0.15, 0.2) is 36.7 Å². The van der Waals surface area contributed by atoms with E-state index in [-0.39, 0.29) is 12.1 Å². The van der Waals surface area contributed by atoms with Crippen LogP contribution in [-0.4, -0.2) is 9.97 Å². The van der Waals surface area contributed by atoms with Crippen LogP contribution in [0.4, 0.5) is 0 Å². The van der Waals surface area contributed by atoms with Crippen molar-refractivity contribution in [1.82, 2.24) is 9.97 Å². The maximum Gasteiger partial charge on any atom is 0.0937 e. The zero-order valence-corrected chi connectivity index (χ0v) is 8.67. The van der Waals surface area contributed by atoms with E-state index in [0.717, 1.165) is 22.5 Å². The molecule has 4 N–H and O–H groups in total. The summed E-state index contributed by atoms with van der Waals surface area (Å²) in [5.74, 6) is 0. The predicted molar refractivity (Wildman–Crippen MR) is 61.3 cm³/mol. The average molecular weight is 212 g/mol. The van der Waals surface area contributed by atoms with Crippen LogP contribution >= 0.6 is 0 Å². The van der Waals surface area contributed by atoms with E-state index in [1.54, 1.807) is 12.4 Å². The van der Waals surface area contributed by atoms with E-state index in [0.29, 0.717) is 0 Å². The van der Waals surface area contributed by atoms with Gasteiger partial charge in [0.2, 0.25) is 0 Å². The monoisotopic (exact) mass is 212 g/mol. The molecule has 80 valence electrons. The summed E-state index contributed by atoms with van der Waals surface area (Å²) in [6.45, 7) is 0. The molecule has 0 aliphatic heterocycles. The minimum Gasteiger partial charge on any atom is -0.322 e. The first-order chi connectivity index (χ1) is 7.79. The average Bonchev–Trinajstić information content (AvgIpc) is 2.36. The smallest absolute Gasteiger partial charge is 0.0937 e. The highest BCUT2D eigenvalue weighted by molar-refractivity contribution is 5.67. The summed E-state index contributed by atoms with van der Waals surface area (Å²) in [7, 11) is 0. The minimum absolute atomic E-state index is 0.208. The fourth-order valence-electron chi connectivity index (χ4n) is 2.16. The molecule has 16 heavy (non-hydrogen) atoms. The fraction of sp³-hybridized carbons (Fsp3) is 0.167. The molecule has 0 aromatic carbocycles. The predicted octanol–water partition coefficient (Wildman–Crippen LogP) is 1.16. The molecule has 2 unspecified atom stereocenters. The number of nitrogens with two attached hydrogens (primary N) is 2. The molecule has 2 heterocycles. The first-order valence-electron chi connectivity index (χ1n) is 5.20. The maximum atomic E-state index is 6.11. The van der Waals surface area contributed by atoms with Crippen molar-refractivity contribution in [2.45, 2.75) is 12.1 Å². The van der Waals surface area contributed by atoms with Crippen LogP contribution in [0, 0.1) is 0 Å². The molecule has 0 radical (unpaired) electrons. The SMILES string of the molecule is NC1c2cccnc2-c2ncccc2C1N. The third-order valence-corrected chi connectivity index (χ3v) is 3.01. The van der Waals surface area contributed by atoms with Gasteiger partial charge in [-0.15, -0.1) is 0 Å². The Kier molecular flexibility index (Phi) is 1.99. The molecule has 0 fully saturated rings. The molecule has 1 aliphatic carbocycles. The van der Waals surface area contributed by atoms with Gasteiger partial charge in [0.1, 0.15) is 0 Å². The maximum absolute atomic E-state index is 6.11. The van der Waals surface area contributed by atoms with Crippen molar-refractivity contribution in [1.29, 1.82) is 0 Å². The van der Waals surface area contributed by atoms with Crippen molar-refractivity contribution in [3.8, 4) is 11.4 Å². The zero-order chi connectivity index (χ0) is 11.1. The van der Waals surface area contributed by atoms with Crippen molar-refractivity contribution < 1.29 is 0 Å². The van der Waals surface area contributed by atoms with Gasteiger partial charge in [-0.2, -0.15) is 0 Å². The Morgan fingerprint density at radius 2 is 1.25 bits per heavy atom. The highest BCUT2D eigenvalue weighted by Gasteiger charge is 2.30. The van der Waals surface area contributed by atoms with Crippen LogP contribution in [0.3, 0.4) is 0 Å². The Bertz CT molecular complexity index is 489. The molecule has 4 heteroatoms. The lowest BCUT2D eigenvalue weighted by Gasteiger charge is -2.28. The summed E-state index contributed by atoms with van der Waals surface area (Å²) in [6, 6.07) is 7.26. The van der Waals surface area contributed by atoms with Crippen molar-refractivity contribution >= 4 is 0 Å². The summed E-state index contributed by atoms with van der Waals surface area (Å²) < 4.78 is 0. The van der Waals surface area contributed by atoms with Crippen LogP contribution in [0.25, 0.3) is 11.4 Å². The zero-order valence-electron chi connectivity index (χ0n) is 8.67. The standard InChI is InChI=1S/C12H12N4/c13-9-7-3-1-5-15-11(7)12-8(10(9)14)4-2-6-16-12/h1-6,9-10H,13-14H2. The summed E-state index contributed by atoms with van der Waals surface area (Å²) in [5, 5.41) is 0. The first kappa shape index (κ1) is 9.45. The molecule has 2 aromatic heterocycles. The molecule has 0 amide bonds. The van der Waals surface area contributed by atoms with E-state index < -0.39 is 0 Å². The Balaban J connectivity index is 2.33. The highest BCUT2D eigenvalue weighted by Crippen LogP contribution is 2.39. The quantitative estimate of drug-likeness (QED) is 0.686. The number of hydrogen-bond acceptors (Lipinski definition) is 4. The van der Waals surface area contributed by atoms with Crippen LogP contribution in [-0.2, 0) is 0 Å². The van der Waals surface area contributed by atoms with Gasteiger partial charge in [-0.05, 0) is 23.3 Å². The van der Waals surface area contributed by atoms with Gasteiger partial charge in [0, 0.05) is 12.4 Å². The minimum atomic E-state index is -0.208. The molecule has 2 aromatic rings. The summed E-state index contributed by atoms with van der Waals surface area (Å²) in [5.41, 5.74) is 15.9. The molecule has 2 atom stereocenters. The number of nitrogens with zero attached hydrogens (tertiary/aromatic N) is 2. The molecule has 0 saturated heterocycles. The van der Waals surface area contributed by atoms with Gasteiger partial charge in [-0.25, -0.2) is 0 Å². The van der Waals surface area contributed by atoms with Gasteiger partial charge in [0.05, 0.1) is 23.5 Å². The fourth-order valence-corrected chi connectivity index (χ4v) is 2.16. The van der Waals surface area contributed by atoms with E-state index >= 15 is 0 Å². The molecule has 3 rings (SSSR count). The van der Waals surface area contributed by atoms with Gasteiger partial charge in [0.15, 0.2) is 0 Å². The highest BCUT2D eigenvalue weighted by atomic mass is 14.9. The lowest BCUT2D eigenvalue weighted by Crippen LogP contribution is -2.31. The summed E-state index contributed by atoms with van der Waals surface area (Å²) in [6.07, 6.45) is 3.50. The third kappa shape index (κ3) is 1.17. The second-order valence-corrected chi connectivity index (χ2v) is 3.93. The Morgan fingerprint density at radius 3 is 1.69 bits per heavy atom. The van der Waals surface area contributed by atoms with Gasteiger partial charge >= 0.3 is 0 Å². The van der Waals surface area contributed by atoms with Crippen molar-refractivity contribution in [2.24, 2.45) is 11.5 Å². The molecule has 1 aliphatic rings. The van der Waals surface area contributed by atoms with E-state index in [1.807, 2.05) is 24.3 Å². The lowest BCUT2D eigenvalue weighted by molar-refractivity contribution is 0.563. The molecule has 0 spiro atoms. The van der Waals surface area contributed by atoms with E-state index in [4.69, 9.17) is 11.5 Å². The van der Waals surface area contributed by atoms with E-state index in [1.165, 1.54) is 0 Å². The summed E-state index contributed by atoms with van der Waals surface area (Å²) >= 11 is 0. The van der Waals surface area contributed by atoms with Gasteiger partial charge in [-0.1, -0.05) is 12.1 Å². The van der Waals surface area contributed by atoms with Crippen molar-refractivity contribution in [3.63, 3.8) is 0 Å². The van der Waals surface area contributed by atoms with Gasteiger partial charge in [-0.3, -0.25) is 9.97 Å². The van der Waals surface area contributed by atoms with Gasteiger partial charge in [0.25, 0.3) is 0 Å². The molecule has 0 bridgehead atoms. The number of hydrogen-bond donors (Lipinski definition) is 2. The van der Waals surface area contributed by atoms with Crippen LogP contribution < -0.4 is 11.5 Å². The number of fused-ring (bicyclic) bond motifs is 3. The van der Waals surface area contributed by atoms with Crippen molar-refractivity contribution in [2.75, 3.05) is 0 Å². The van der Waals surface area contributed by atoms with Crippen LogP contribution in [0.5, 0.6) is 0 Å². The van der Waals surface area contributed by atoms with Crippen molar-refractivity contribution in [3.05, 3.63) is 47.8 Å². The molecule has 0 saturated carbocycles. The van der Waals surface area contributed by atoms with E-state index in [2.05, 4.69) is 9.97 Å². The second-order valence-electron chi connectivity index (χ2n) is 3.93. The number of aromatic nitrogens is 2. The Morgan fingerprint density at radius 1 is 0.812 bits per heavy atom. The Hall–Kier alpha value is -1.78. The number of rotatable bonds is 0. The van der Waals surface area contributed by atoms with Crippen LogP contribution in [0.1, 0.15) is 23.2 Å². The Labute approximate surface area is 93.3 Å². The number of pyridine rings is 2. The van der Waals surface area contributed by atoms with Gasteiger partial charge < -0.3 is 11.5 Å².